The summed E-state index contributed by atoms with van der Waals surface area (Å²) >= 11 is 5.39. The zero-order valence-corrected chi connectivity index (χ0v) is 7.05. The first-order valence-corrected chi connectivity index (χ1v) is 3.98. The van der Waals surface area contributed by atoms with Gasteiger partial charge in [0.25, 0.3) is 0 Å². The lowest BCUT2D eigenvalue weighted by Crippen LogP contribution is -1.78. The second kappa shape index (κ2) is 4.12. The average Bonchev–Trinajstić information content (AvgIpc) is 2.07. The molecule has 1 aromatic rings. The number of benzene rings is 1. The number of phenolic OH excluding ortho intramolecular Hbond substituents is 1. The Hall–Kier alpha value is -1.02. The normalized spacial score (nSPS) is 10.8. The number of alkyl halides is 1. The van der Waals surface area contributed by atoms with Gasteiger partial charge in [-0.2, -0.15) is 0 Å². The van der Waals surface area contributed by atoms with Gasteiger partial charge in [0.05, 0.1) is 0 Å². The Morgan fingerprint density at radius 3 is 2.83 bits per heavy atom. The van der Waals surface area contributed by atoms with Crippen LogP contribution in [0.4, 0.5) is 4.39 Å². The molecule has 0 heterocycles. The highest BCUT2D eigenvalue weighted by atomic mass is 35.5. The maximum absolute atomic E-state index is 12.7. The highest BCUT2D eigenvalue weighted by Gasteiger charge is 1.97. The van der Waals surface area contributed by atoms with Crippen LogP contribution in [0, 0.1) is 5.82 Å². The van der Waals surface area contributed by atoms with E-state index in [0.717, 1.165) is 0 Å². The van der Waals surface area contributed by atoms with E-state index in [4.69, 9.17) is 16.7 Å². The van der Waals surface area contributed by atoms with E-state index in [9.17, 15) is 4.39 Å². The molecule has 0 aromatic heterocycles. The topological polar surface area (TPSA) is 20.2 Å². The van der Waals surface area contributed by atoms with E-state index in [1.165, 1.54) is 12.1 Å². The molecule has 0 spiro atoms. The van der Waals surface area contributed by atoms with Crippen LogP contribution < -0.4 is 0 Å². The summed E-state index contributed by atoms with van der Waals surface area (Å²) in [5, 5.41) is 8.84. The van der Waals surface area contributed by atoms with Crippen LogP contribution in [-0.4, -0.2) is 11.0 Å². The second-order valence-corrected chi connectivity index (χ2v) is 2.58. The van der Waals surface area contributed by atoms with Crippen molar-refractivity contribution < 1.29 is 9.50 Å². The molecule has 0 radical (unpaired) electrons. The van der Waals surface area contributed by atoms with E-state index in [1.807, 2.05) is 0 Å². The molecule has 0 aliphatic heterocycles. The minimum absolute atomic E-state index is 0.335. The van der Waals surface area contributed by atoms with Crippen molar-refractivity contribution in [2.45, 2.75) is 0 Å². The third kappa shape index (κ3) is 2.24. The van der Waals surface area contributed by atoms with Crippen LogP contribution in [0.25, 0.3) is 6.08 Å². The van der Waals surface area contributed by atoms with Gasteiger partial charge in [-0.3, -0.25) is 0 Å². The van der Waals surface area contributed by atoms with Crippen LogP contribution in [0.1, 0.15) is 5.56 Å². The summed E-state index contributed by atoms with van der Waals surface area (Å²) in [5.74, 6) is -0.563. The van der Waals surface area contributed by atoms with Crippen molar-refractivity contribution >= 4 is 17.7 Å². The van der Waals surface area contributed by atoms with Crippen LogP contribution >= 0.6 is 11.6 Å². The minimum atomic E-state index is -0.619. The summed E-state index contributed by atoms with van der Waals surface area (Å²) < 4.78 is 12.7. The monoisotopic (exact) mass is 186 g/mol. The van der Waals surface area contributed by atoms with Crippen LogP contribution in [0.5, 0.6) is 5.75 Å². The summed E-state index contributed by atoms with van der Waals surface area (Å²) in [4.78, 5) is 0. The lowest BCUT2D eigenvalue weighted by Gasteiger charge is -1.95. The van der Waals surface area contributed by atoms with Crippen molar-refractivity contribution in [3.05, 3.63) is 35.7 Å². The first kappa shape index (κ1) is 9.07. The van der Waals surface area contributed by atoms with Crippen molar-refractivity contribution in [2.75, 3.05) is 5.88 Å². The van der Waals surface area contributed by atoms with Gasteiger partial charge >= 0.3 is 0 Å². The van der Waals surface area contributed by atoms with Crippen molar-refractivity contribution in [1.82, 2.24) is 0 Å². The Morgan fingerprint density at radius 1 is 1.50 bits per heavy atom. The molecular formula is C9H8ClFO. The van der Waals surface area contributed by atoms with E-state index in [2.05, 4.69) is 0 Å². The van der Waals surface area contributed by atoms with Gasteiger partial charge in [0.1, 0.15) is 0 Å². The van der Waals surface area contributed by atoms with Crippen molar-refractivity contribution in [3.63, 3.8) is 0 Å². The second-order valence-electron chi connectivity index (χ2n) is 2.27. The fourth-order valence-corrected chi connectivity index (χ4v) is 0.897. The third-order valence-corrected chi connectivity index (χ3v) is 1.55. The predicted octanol–water partition coefficient (Wildman–Crippen LogP) is 2.78. The third-order valence-electron chi connectivity index (χ3n) is 1.37. The fourth-order valence-electron chi connectivity index (χ4n) is 0.807. The molecule has 1 nitrogen and oxygen atoms in total. The number of phenols is 1. The van der Waals surface area contributed by atoms with Gasteiger partial charge in [-0.05, 0) is 17.7 Å². The fraction of sp³-hybridized carbons (Fsp3) is 0.111. The molecule has 12 heavy (non-hydrogen) atoms. The molecule has 0 aliphatic carbocycles. The zero-order valence-electron chi connectivity index (χ0n) is 6.30. The summed E-state index contributed by atoms with van der Waals surface area (Å²) in [7, 11) is 0. The number of hydrogen-bond acceptors (Lipinski definition) is 1. The van der Waals surface area contributed by atoms with E-state index in [-0.39, 0.29) is 5.75 Å². The smallest absolute Gasteiger partial charge is 0.165 e. The maximum Gasteiger partial charge on any atom is 0.165 e. The summed E-state index contributed by atoms with van der Waals surface area (Å²) in [6.45, 7) is 0. The Labute approximate surface area is 75.1 Å². The molecule has 0 amide bonds. The summed E-state index contributed by atoms with van der Waals surface area (Å²) in [5.41, 5.74) is 0.686. The molecule has 1 aromatic carbocycles. The Balaban J connectivity index is 2.89. The number of allylic oxidation sites excluding steroid dienone is 1. The van der Waals surface area contributed by atoms with Crippen molar-refractivity contribution in [1.29, 1.82) is 0 Å². The highest BCUT2D eigenvalue weighted by molar-refractivity contribution is 6.19. The van der Waals surface area contributed by atoms with E-state index < -0.39 is 5.82 Å². The lowest BCUT2D eigenvalue weighted by atomic mass is 10.2. The molecule has 0 aliphatic rings. The number of rotatable bonds is 2. The molecule has 0 unspecified atom stereocenters. The zero-order chi connectivity index (χ0) is 8.97. The summed E-state index contributed by atoms with van der Waals surface area (Å²) in [6, 6.07) is 4.17. The van der Waals surface area contributed by atoms with E-state index in [0.29, 0.717) is 11.4 Å². The number of halogens is 2. The molecule has 0 fully saturated rings. The molecule has 1 rings (SSSR count). The average molecular weight is 187 g/mol. The molecule has 0 bridgehead atoms. The predicted molar refractivity (Wildman–Crippen MR) is 47.8 cm³/mol. The first-order chi connectivity index (χ1) is 5.74. The molecule has 0 saturated heterocycles. The van der Waals surface area contributed by atoms with Gasteiger partial charge in [0.15, 0.2) is 11.6 Å². The SMILES string of the molecule is Oc1ccc(C=CCCl)cc1F. The first-order valence-electron chi connectivity index (χ1n) is 3.45. The van der Waals surface area contributed by atoms with Crippen molar-refractivity contribution in [2.24, 2.45) is 0 Å². The number of hydrogen-bond donors (Lipinski definition) is 1. The van der Waals surface area contributed by atoms with Gasteiger partial charge in [-0.1, -0.05) is 18.2 Å². The number of aromatic hydroxyl groups is 1. The van der Waals surface area contributed by atoms with Gasteiger partial charge in [0, 0.05) is 5.88 Å². The molecule has 3 heteroatoms. The molecule has 1 N–H and O–H groups in total. The maximum atomic E-state index is 12.7. The Bertz CT molecular complexity index is 297. The van der Waals surface area contributed by atoms with Crippen LogP contribution in [0.2, 0.25) is 0 Å². The summed E-state index contributed by atoms with van der Waals surface area (Å²) in [6.07, 6.45) is 3.39. The van der Waals surface area contributed by atoms with Crippen molar-refractivity contribution in [3.8, 4) is 5.75 Å². The highest BCUT2D eigenvalue weighted by Crippen LogP contribution is 2.16. The largest absolute Gasteiger partial charge is 0.505 e. The van der Waals surface area contributed by atoms with Crippen LogP contribution in [0.3, 0.4) is 0 Å². The van der Waals surface area contributed by atoms with E-state index in [1.54, 1.807) is 18.2 Å². The van der Waals surface area contributed by atoms with Crippen LogP contribution in [0.15, 0.2) is 24.3 Å². The molecule has 0 saturated carbocycles. The van der Waals surface area contributed by atoms with Crippen LogP contribution in [-0.2, 0) is 0 Å². The molecular weight excluding hydrogens is 179 g/mol. The van der Waals surface area contributed by atoms with Gasteiger partial charge < -0.3 is 5.11 Å². The standard InChI is InChI=1S/C9H8ClFO/c10-5-1-2-7-3-4-9(12)8(11)6-7/h1-4,6,12H,5H2. The quantitative estimate of drug-likeness (QED) is 0.705. The molecule has 0 atom stereocenters. The van der Waals surface area contributed by atoms with Gasteiger partial charge in [-0.25, -0.2) is 4.39 Å². The Kier molecular flexibility index (Phi) is 3.11. The van der Waals surface area contributed by atoms with Gasteiger partial charge in [-0.15, -0.1) is 11.6 Å². The minimum Gasteiger partial charge on any atom is -0.505 e. The van der Waals surface area contributed by atoms with Gasteiger partial charge in [0.2, 0.25) is 0 Å². The lowest BCUT2D eigenvalue weighted by molar-refractivity contribution is 0.432. The Morgan fingerprint density at radius 2 is 2.25 bits per heavy atom. The molecule has 64 valence electrons. The van der Waals surface area contributed by atoms with E-state index >= 15 is 0 Å².